The number of methoxy groups -OCH3 is 1. The van der Waals surface area contributed by atoms with Crippen molar-refractivity contribution >= 4 is 33.6 Å². The molecule has 0 spiro atoms. The molecule has 4 aromatic rings. The van der Waals surface area contributed by atoms with Gasteiger partial charge in [0.05, 0.1) is 30.5 Å². The van der Waals surface area contributed by atoms with E-state index in [1.54, 1.807) is 12.0 Å². The quantitative estimate of drug-likeness (QED) is 0.242. The van der Waals surface area contributed by atoms with E-state index in [1.807, 2.05) is 91.0 Å². The fourth-order valence-corrected chi connectivity index (χ4v) is 5.07. The molecular formula is C31H24BrNO5. The highest BCUT2D eigenvalue weighted by molar-refractivity contribution is 9.10. The molecule has 0 radical (unpaired) electrons. The van der Waals surface area contributed by atoms with E-state index in [4.69, 9.17) is 18.9 Å². The Morgan fingerprint density at radius 3 is 2.45 bits per heavy atom. The maximum atomic E-state index is 13.8. The maximum absolute atomic E-state index is 13.8. The van der Waals surface area contributed by atoms with Gasteiger partial charge in [-0.05, 0) is 59.2 Å². The second kappa shape index (κ2) is 10.3. The van der Waals surface area contributed by atoms with Crippen LogP contribution in [0.25, 0.3) is 11.8 Å². The first-order chi connectivity index (χ1) is 18.6. The van der Waals surface area contributed by atoms with Crippen molar-refractivity contribution in [2.75, 3.05) is 13.9 Å². The third-order valence-electron chi connectivity index (χ3n) is 6.57. The monoisotopic (exact) mass is 569 g/mol. The van der Waals surface area contributed by atoms with Crippen LogP contribution in [-0.4, -0.2) is 24.7 Å². The summed E-state index contributed by atoms with van der Waals surface area (Å²) in [5.74, 6) is 2.69. The van der Waals surface area contributed by atoms with Crippen LogP contribution >= 0.6 is 15.9 Å². The molecule has 38 heavy (non-hydrogen) atoms. The molecule has 0 aliphatic carbocycles. The van der Waals surface area contributed by atoms with E-state index >= 15 is 0 Å². The lowest BCUT2D eigenvalue weighted by Gasteiger charge is -2.20. The van der Waals surface area contributed by atoms with Gasteiger partial charge in [-0.3, -0.25) is 4.79 Å². The Morgan fingerprint density at radius 1 is 0.921 bits per heavy atom. The van der Waals surface area contributed by atoms with Gasteiger partial charge in [0.15, 0.2) is 11.5 Å². The summed E-state index contributed by atoms with van der Waals surface area (Å²) in [4.78, 5) is 15.6. The topological polar surface area (TPSA) is 57.2 Å². The number of fused-ring (bicyclic) bond motifs is 2. The predicted octanol–water partition coefficient (Wildman–Crippen LogP) is 6.92. The van der Waals surface area contributed by atoms with E-state index in [0.29, 0.717) is 36.0 Å². The number of ether oxygens (including phenoxy) is 4. The van der Waals surface area contributed by atoms with Crippen molar-refractivity contribution in [3.05, 3.63) is 117 Å². The standard InChI is InChI=1S/C31H24BrNO5/c1-35-23-12-10-20(11-13-23)17-33-26(14-22-15-28-29(16-25(22)32)38-19-37-28)30-24(31(33)34)8-5-9-27(30)36-18-21-6-3-2-4-7-21/h2-16H,17-19H2,1H3/b26-14-. The third-order valence-corrected chi connectivity index (χ3v) is 7.26. The highest BCUT2D eigenvalue weighted by Gasteiger charge is 2.35. The smallest absolute Gasteiger partial charge is 0.259 e. The van der Waals surface area contributed by atoms with E-state index in [0.717, 1.165) is 38.2 Å². The van der Waals surface area contributed by atoms with Crippen LogP contribution in [-0.2, 0) is 13.2 Å². The lowest BCUT2D eigenvalue weighted by Crippen LogP contribution is -2.22. The Kier molecular flexibility index (Phi) is 6.52. The van der Waals surface area contributed by atoms with Crippen molar-refractivity contribution in [2.45, 2.75) is 13.2 Å². The minimum absolute atomic E-state index is 0.0795. The lowest BCUT2D eigenvalue weighted by atomic mass is 10.0. The van der Waals surface area contributed by atoms with Gasteiger partial charge in [0.1, 0.15) is 18.1 Å². The molecule has 6 rings (SSSR count). The number of rotatable bonds is 7. The van der Waals surface area contributed by atoms with Crippen LogP contribution in [0.5, 0.6) is 23.0 Å². The van der Waals surface area contributed by atoms with Crippen LogP contribution in [0.3, 0.4) is 0 Å². The number of hydrogen-bond acceptors (Lipinski definition) is 5. The van der Waals surface area contributed by atoms with E-state index in [1.165, 1.54) is 0 Å². The zero-order valence-corrected chi connectivity index (χ0v) is 22.2. The van der Waals surface area contributed by atoms with E-state index in [2.05, 4.69) is 15.9 Å². The zero-order chi connectivity index (χ0) is 26.1. The molecule has 6 nitrogen and oxygen atoms in total. The number of carbonyl (C=O) groups is 1. The number of halogens is 1. The average Bonchev–Trinajstić information content (AvgIpc) is 3.51. The lowest BCUT2D eigenvalue weighted by molar-refractivity contribution is 0.0843. The molecule has 190 valence electrons. The van der Waals surface area contributed by atoms with Crippen LogP contribution in [0.2, 0.25) is 0 Å². The SMILES string of the molecule is COc1ccc(CN2C(=O)c3cccc(OCc4ccccc4)c3/C2=C/c2cc3c(cc2Br)OCO3)cc1. The number of amides is 1. The van der Waals surface area contributed by atoms with Crippen molar-refractivity contribution in [3.8, 4) is 23.0 Å². The van der Waals surface area contributed by atoms with Crippen molar-refractivity contribution in [2.24, 2.45) is 0 Å². The maximum Gasteiger partial charge on any atom is 0.259 e. The molecule has 0 N–H and O–H groups in total. The Hall–Kier alpha value is -4.23. The molecule has 2 aliphatic rings. The zero-order valence-electron chi connectivity index (χ0n) is 20.6. The Morgan fingerprint density at radius 2 is 1.68 bits per heavy atom. The number of benzene rings is 4. The number of hydrogen-bond donors (Lipinski definition) is 0. The summed E-state index contributed by atoms with van der Waals surface area (Å²) in [5.41, 5.74) is 5.02. The Bertz CT molecular complexity index is 1530. The van der Waals surface area contributed by atoms with Gasteiger partial charge in [-0.2, -0.15) is 0 Å². The molecule has 0 atom stereocenters. The molecule has 0 fully saturated rings. The summed E-state index contributed by atoms with van der Waals surface area (Å²) in [5, 5.41) is 0. The van der Waals surface area contributed by atoms with Gasteiger partial charge in [-0.1, -0.05) is 64.5 Å². The molecular weight excluding hydrogens is 546 g/mol. The molecule has 1 amide bonds. The van der Waals surface area contributed by atoms with Crippen LogP contribution < -0.4 is 18.9 Å². The first kappa shape index (κ1) is 24.1. The van der Waals surface area contributed by atoms with E-state index in [9.17, 15) is 4.79 Å². The molecule has 0 saturated heterocycles. The molecule has 0 saturated carbocycles. The van der Waals surface area contributed by atoms with Crippen molar-refractivity contribution in [1.82, 2.24) is 4.90 Å². The molecule has 7 heteroatoms. The average molecular weight is 570 g/mol. The van der Waals surface area contributed by atoms with E-state index < -0.39 is 0 Å². The van der Waals surface area contributed by atoms with Gasteiger partial charge >= 0.3 is 0 Å². The Balaban J connectivity index is 1.43. The highest BCUT2D eigenvalue weighted by Crippen LogP contribution is 2.44. The third kappa shape index (κ3) is 4.61. The van der Waals surface area contributed by atoms with Crippen molar-refractivity contribution in [1.29, 1.82) is 0 Å². The Labute approximate surface area is 229 Å². The van der Waals surface area contributed by atoms with Crippen LogP contribution in [0.1, 0.15) is 32.6 Å². The summed E-state index contributed by atoms with van der Waals surface area (Å²) >= 11 is 3.67. The first-order valence-electron chi connectivity index (χ1n) is 12.2. The molecule has 4 aromatic carbocycles. The summed E-state index contributed by atoms with van der Waals surface area (Å²) in [6, 6.07) is 27.1. The predicted molar refractivity (Wildman–Crippen MR) is 148 cm³/mol. The van der Waals surface area contributed by atoms with Crippen molar-refractivity contribution < 1.29 is 23.7 Å². The largest absolute Gasteiger partial charge is 0.497 e. The van der Waals surface area contributed by atoms with Gasteiger partial charge in [0.2, 0.25) is 6.79 Å². The highest BCUT2D eigenvalue weighted by atomic mass is 79.9. The molecule has 2 heterocycles. The van der Waals surface area contributed by atoms with Gasteiger partial charge in [0.25, 0.3) is 5.91 Å². The first-order valence-corrected chi connectivity index (χ1v) is 13.0. The summed E-state index contributed by atoms with van der Waals surface area (Å²) < 4.78 is 23.6. The van der Waals surface area contributed by atoms with Crippen LogP contribution in [0.15, 0.2) is 89.4 Å². The van der Waals surface area contributed by atoms with E-state index in [-0.39, 0.29) is 12.7 Å². The van der Waals surface area contributed by atoms with Crippen LogP contribution in [0, 0.1) is 0 Å². The second-order valence-corrected chi connectivity index (χ2v) is 9.80. The minimum Gasteiger partial charge on any atom is -0.497 e. The van der Waals surface area contributed by atoms with Crippen molar-refractivity contribution in [3.63, 3.8) is 0 Å². The summed E-state index contributed by atoms with van der Waals surface area (Å²) in [7, 11) is 1.64. The van der Waals surface area contributed by atoms with Gasteiger partial charge in [-0.15, -0.1) is 0 Å². The number of carbonyl (C=O) groups excluding carboxylic acids is 1. The fraction of sp³-hybridized carbons (Fsp3) is 0.129. The summed E-state index contributed by atoms with van der Waals surface area (Å²) in [6.07, 6.45) is 1.99. The molecule has 2 aliphatic heterocycles. The molecule has 0 unspecified atom stereocenters. The number of nitrogens with zero attached hydrogens (tertiary/aromatic N) is 1. The van der Waals surface area contributed by atoms with Gasteiger partial charge in [-0.25, -0.2) is 0 Å². The fourth-order valence-electron chi connectivity index (χ4n) is 4.63. The second-order valence-electron chi connectivity index (χ2n) is 8.95. The van der Waals surface area contributed by atoms with Gasteiger partial charge in [0, 0.05) is 4.47 Å². The summed E-state index contributed by atoms with van der Waals surface area (Å²) in [6.45, 7) is 0.971. The minimum atomic E-state index is -0.0795. The van der Waals surface area contributed by atoms with Gasteiger partial charge < -0.3 is 23.8 Å². The normalized spacial score (nSPS) is 14.6. The molecule has 0 bridgehead atoms. The molecule has 0 aromatic heterocycles. The van der Waals surface area contributed by atoms with Crippen LogP contribution in [0.4, 0.5) is 0 Å².